The highest BCUT2D eigenvalue weighted by molar-refractivity contribution is 6.31. The predicted molar refractivity (Wildman–Crippen MR) is 103 cm³/mol. The Bertz CT molecular complexity index is 903. The van der Waals surface area contributed by atoms with Crippen LogP contribution < -0.4 is 15.5 Å². The second-order valence-corrected chi connectivity index (χ2v) is 6.52. The van der Waals surface area contributed by atoms with E-state index < -0.39 is 0 Å². The highest BCUT2D eigenvalue weighted by Gasteiger charge is 2.24. The lowest BCUT2D eigenvalue weighted by molar-refractivity contribution is -0.118. The molecule has 2 aromatic carbocycles. The lowest BCUT2D eigenvalue weighted by Gasteiger charge is -2.34. The number of carbonyl (C=O) groups excluding carboxylic acids is 2. The van der Waals surface area contributed by atoms with Gasteiger partial charge in [0.2, 0.25) is 6.41 Å². The summed E-state index contributed by atoms with van der Waals surface area (Å²) in [5.74, 6) is -0.636. The highest BCUT2D eigenvalue weighted by atomic mass is 19.1. The van der Waals surface area contributed by atoms with Crippen molar-refractivity contribution in [2.45, 2.75) is 0 Å². The lowest BCUT2D eigenvalue weighted by Crippen LogP contribution is -2.45. The Hall–Kier alpha value is -3.35. The van der Waals surface area contributed by atoms with Gasteiger partial charge in [0.1, 0.15) is 5.82 Å². The monoisotopic (exact) mass is 366 g/mol. The van der Waals surface area contributed by atoms with E-state index in [1.165, 1.54) is 12.1 Å². The quantitative estimate of drug-likeness (QED) is 0.645. The largest absolute Gasteiger partial charge is 0.368 e. The van der Waals surface area contributed by atoms with Crippen molar-refractivity contribution in [3.63, 3.8) is 0 Å². The van der Waals surface area contributed by atoms with Crippen molar-refractivity contribution >= 4 is 35.0 Å². The first-order chi connectivity index (χ1) is 13.1. The molecule has 2 heterocycles. The topological polar surface area (TPSA) is 64.7 Å². The Morgan fingerprint density at radius 3 is 2.48 bits per heavy atom. The van der Waals surface area contributed by atoms with Gasteiger partial charge in [-0.15, -0.1) is 0 Å². The van der Waals surface area contributed by atoms with Crippen LogP contribution in [0.15, 0.2) is 48.7 Å². The molecule has 1 fully saturated rings. The van der Waals surface area contributed by atoms with Gasteiger partial charge in [0, 0.05) is 55.0 Å². The van der Waals surface area contributed by atoms with E-state index in [0.29, 0.717) is 16.8 Å². The molecule has 138 valence electrons. The van der Waals surface area contributed by atoms with Crippen LogP contribution in [0.4, 0.5) is 21.5 Å². The van der Waals surface area contributed by atoms with Crippen LogP contribution in [-0.4, -0.2) is 43.4 Å². The maximum Gasteiger partial charge on any atom is 0.257 e. The molecule has 0 aromatic heterocycles. The lowest BCUT2D eigenvalue weighted by atomic mass is 10.1. The van der Waals surface area contributed by atoms with Crippen molar-refractivity contribution in [1.82, 2.24) is 4.90 Å². The number of hydrogen-bond donors (Lipinski definition) is 2. The number of carbonyl (C=O) groups is 2. The molecule has 0 aliphatic carbocycles. The predicted octanol–water partition coefficient (Wildman–Crippen LogP) is 2.51. The molecule has 0 atom stereocenters. The zero-order valence-electron chi connectivity index (χ0n) is 14.6. The maximum atomic E-state index is 13.5. The molecule has 0 radical (unpaired) electrons. The zero-order chi connectivity index (χ0) is 18.8. The Morgan fingerprint density at radius 2 is 1.78 bits per heavy atom. The fourth-order valence-corrected chi connectivity index (χ4v) is 3.31. The molecule has 0 spiro atoms. The number of benzene rings is 2. The Morgan fingerprint density at radius 1 is 1.04 bits per heavy atom. The van der Waals surface area contributed by atoms with Gasteiger partial charge in [-0.1, -0.05) is 0 Å². The summed E-state index contributed by atoms with van der Waals surface area (Å²) in [5, 5.41) is 5.83. The number of hydrogen-bond acceptors (Lipinski definition) is 4. The van der Waals surface area contributed by atoms with E-state index >= 15 is 0 Å². The fraction of sp³-hybridized carbons (Fsp3) is 0.200. The average molecular weight is 366 g/mol. The first kappa shape index (κ1) is 17.1. The summed E-state index contributed by atoms with van der Waals surface area (Å²) >= 11 is 0. The van der Waals surface area contributed by atoms with Crippen molar-refractivity contribution in [2.24, 2.45) is 0 Å². The molecule has 0 saturated carbocycles. The van der Waals surface area contributed by atoms with Crippen molar-refractivity contribution in [2.75, 3.05) is 41.7 Å². The van der Waals surface area contributed by atoms with Gasteiger partial charge in [0.25, 0.3) is 5.91 Å². The zero-order valence-corrected chi connectivity index (χ0v) is 14.6. The van der Waals surface area contributed by atoms with Crippen LogP contribution in [0.3, 0.4) is 0 Å². The van der Waals surface area contributed by atoms with E-state index in [9.17, 15) is 14.0 Å². The van der Waals surface area contributed by atoms with Gasteiger partial charge >= 0.3 is 0 Å². The van der Waals surface area contributed by atoms with E-state index in [1.54, 1.807) is 17.2 Å². The van der Waals surface area contributed by atoms with Crippen LogP contribution in [0.2, 0.25) is 0 Å². The molecule has 27 heavy (non-hydrogen) atoms. The minimum absolute atomic E-state index is 0.257. The summed E-state index contributed by atoms with van der Waals surface area (Å²) in [5.41, 5.74) is 3.48. The first-order valence-electron chi connectivity index (χ1n) is 8.76. The SMILES string of the molecule is O=CN1CCN(c2ccc(N/C=C3\C(=O)Nc4ccc(F)cc43)cc2)CC1. The number of nitrogens with one attached hydrogen (secondary N) is 2. The van der Waals surface area contributed by atoms with Crippen LogP contribution in [0, 0.1) is 5.82 Å². The third-order valence-electron chi connectivity index (χ3n) is 4.84. The molecule has 2 aliphatic rings. The first-order valence-corrected chi connectivity index (χ1v) is 8.76. The van der Waals surface area contributed by atoms with Crippen LogP contribution in [0.1, 0.15) is 5.56 Å². The number of amides is 2. The van der Waals surface area contributed by atoms with Crippen LogP contribution in [0.25, 0.3) is 5.57 Å². The van der Waals surface area contributed by atoms with Crippen molar-refractivity contribution < 1.29 is 14.0 Å². The number of nitrogens with zero attached hydrogens (tertiary/aromatic N) is 2. The Labute approximate surface area is 156 Å². The van der Waals surface area contributed by atoms with Gasteiger partial charge < -0.3 is 20.4 Å². The number of halogens is 1. The van der Waals surface area contributed by atoms with Crippen LogP contribution in [-0.2, 0) is 9.59 Å². The number of rotatable bonds is 4. The number of piperazine rings is 1. The molecule has 0 bridgehead atoms. The summed E-state index contributed by atoms with van der Waals surface area (Å²) in [6.07, 6.45) is 2.49. The van der Waals surface area contributed by atoms with Crippen molar-refractivity contribution in [3.05, 3.63) is 60.0 Å². The minimum Gasteiger partial charge on any atom is -0.368 e. The van der Waals surface area contributed by atoms with Gasteiger partial charge in [-0.2, -0.15) is 0 Å². The van der Waals surface area contributed by atoms with E-state index in [4.69, 9.17) is 0 Å². The van der Waals surface area contributed by atoms with Crippen LogP contribution in [0.5, 0.6) is 0 Å². The molecule has 2 aromatic rings. The van der Waals surface area contributed by atoms with Gasteiger partial charge in [-0.25, -0.2) is 4.39 Å². The molecule has 2 aliphatic heterocycles. The standard InChI is InChI=1S/C20H19FN4O2/c21-14-1-6-19-17(11-14)18(20(27)23-19)12-22-15-2-4-16(5-3-15)25-9-7-24(13-26)8-10-25/h1-6,11-13,22H,7-10H2,(H,23,27)/b18-12-. The molecular weight excluding hydrogens is 347 g/mol. The molecule has 6 nitrogen and oxygen atoms in total. The third-order valence-corrected chi connectivity index (χ3v) is 4.84. The molecule has 4 rings (SSSR count). The smallest absolute Gasteiger partial charge is 0.257 e. The van der Waals surface area contributed by atoms with E-state index in [-0.39, 0.29) is 11.7 Å². The molecule has 2 amide bonds. The normalized spacial score (nSPS) is 17.7. The minimum atomic E-state index is -0.379. The molecule has 1 saturated heterocycles. The number of anilines is 3. The van der Waals surface area contributed by atoms with Crippen LogP contribution >= 0.6 is 0 Å². The average Bonchev–Trinajstić information content (AvgIpc) is 3.01. The van der Waals surface area contributed by atoms with Gasteiger partial charge in [0.05, 0.1) is 5.57 Å². The second kappa shape index (κ2) is 7.11. The van der Waals surface area contributed by atoms with Gasteiger partial charge in [-0.3, -0.25) is 9.59 Å². The molecule has 0 unspecified atom stereocenters. The van der Waals surface area contributed by atoms with Crippen molar-refractivity contribution in [3.8, 4) is 0 Å². The second-order valence-electron chi connectivity index (χ2n) is 6.52. The third kappa shape index (κ3) is 3.48. The van der Waals surface area contributed by atoms with Gasteiger partial charge in [0.15, 0.2) is 0 Å². The Kier molecular flexibility index (Phi) is 4.50. The summed E-state index contributed by atoms with van der Waals surface area (Å²) in [6, 6.07) is 12.1. The molecule has 2 N–H and O–H groups in total. The highest BCUT2D eigenvalue weighted by Crippen LogP contribution is 2.32. The van der Waals surface area contributed by atoms with E-state index in [2.05, 4.69) is 15.5 Å². The molecule has 7 heteroatoms. The molecular formula is C20H19FN4O2. The van der Waals surface area contributed by atoms with E-state index in [1.807, 2.05) is 24.3 Å². The summed E-state index contributed by atoms with van der Waals surface area (Å²) in [7, 11) is 0. The number of fused-ring (bicyclic) bond motifs is 1. The van der Waals surface area contributed by atoms with Gasteiger partial charge in [-0.05, 0) is 42.5 Å². The summed E-state index contributed by atoms with van der Waals surface area (Å²) in [6.45, 7) is 3.05. The van der Waals surface area contributed by atoms with E-state index in [0.717, 1.165) is 44.0 Å². The summed E-state index contributed by atoms with van der Waals surface area (Å²) in [4.78, 5) is 26.9. The fourth-order valence-electron chi connectivity index (χ4n) is 3.31. The van der Waals surface area contributed by atoms with Crippen molar-refractivity contribution in [1.29, 1.82) is 0 Å². The summed E-state index contributed by atoms with van der Waals surface area (Å²) < 4.78 is 13.5. The maximum absolute atomic E-state index is 13.5. The Balaban J connectivity index is 1.45.